The van der Waals surface area contributed by atoms with Gasteiger partial charge in [-0.15, -0.1) is 10.3 Å². The summed E-state index contributed by atoms with van der Waals surface area (Å²) in [7, 11) is -1.50. The first kappa shape index (κ1) is 27.7. The summed E-state index contributed by atoms with van der Waals surface area (Å²) < 4.78 is 12.5. The summed E-state index contributed by atoms with van der Waals surface area (Å²) >= 11 is 0. The van der Waals surface area contributed by atoms with E-state index in [1.54, 1.807) is 4.90 Å². The second-order valence-corrected chi connectivity index (χ2v) is 14.2. The van der Waals surface area contributed by atoms with E-state index in [9.17, 15) is 9.90 Å². The molecule has 0 aliphatic rings. The highest BCUT2D eigenvalue weighted by atomic mass is 32.3. The maximum Gasteiger partial charge on any atom is 0.410 e. The van der Waals surface area contributed by atoms with Gasteiger partial charge in [0.15, 0.2) is 0 Å². The number of aliphatic hydroxyl groups excluding tert-OH is 1. The van der Waals surface area contributed by atoms with Gasteiger partial charge in [-0.05, 0) is 52.7 Å². The first-order chi connectivity index (χ1) is 14.1. The van der Waals surface area contributed by atoms with Crippen LogP contribution in [0.3, 0.4) is 0 Å². The van der Waals surface area contributed by atoms with E-state index in [1.165, 1.54) is 0 Å². The van der Waals surface area contributed by atoms with E-state index in [0.717, 1.165) is 24.1 Å². The second-order valence-electron chi connectivity index (χ2n) is 10.3. The summed E-state index contributed by atoms with van der Waals surface area (Å²) in [5.74, 6) is 0. The average Bonchev–Trinajstić information content (AvgIpc) is 2.61. The summed E-state index contributed by atoms with van der Waals surface area (Å²) in [6, 6.07) is 3.71. The highest BCUT2D eigenvalue weighted by Crippen LogP contribution is 2.57. The predicted octanol–water partition coefficient (Wildman–Crippen LogP) is 5.62. The maximum absolute atomic E-state index is 13.1. The fraction of sp³-hybridized carbons (Fsp3) is 0.750. The zero-order valence-electron chi connectivity index (χ0n) is 21.2. The highest BCUT2D eigenvalue weighted by molar-refractivity contribution is 8.29. The van der Waals surface area contributed by atoms with E-state index in [2.05, 4.69) is 45.2 Å². The molecule has 1 aromatic rings. The van der Waals surface area contributed by atoms with Gasteiger partial charge in [0.1, 0.15) is 11.7 Å². The number of hydrogen-bond donors (Lipinski definition) is 1. The Morgan fingerprint density at radius 3 is 2.23 bits per heavy atom. The summed E-state index contributed by atoms with van der Waals surface area (Å²) in [6.07, 6.45) is 6.93. The van der Waals surface area contributed by atoms with Gasteiger partial charge in [0.2, 0.25) is 0 Å². The van der Waals surface area contributed by atoms with Crippen LogP contribution in [0.25, 0.3) is 0 Å². The lowest BCUT2D eigenvalue weighted by Crippen LogP contribution is -2.48. The van der Waals surface area contributed by atoms with Crippen LogP contribution in [0.2, 0.25) is 0 Å². The lowest BCUT2D eigenvalue weighted by molar-refractivity contribution is -0.00616. The smallest absolute Gasteiger partial charge is 0.410 e. The topological polar surface area (TPSA) is 71.9 Å². The Labute approximate surface area is 191 Å². The second kappa shape index (κ2) is 11.0. The molecule has 0 unspecified atom stereocenters. The molecule has 1 N–H and O–H groups in total. The number of pyridine rings is 1. The third-order valence-corrected chi connectivity index (χ3v) is 9.02. The average molecular weight is 457 g/mol. The van der Waals surface area contributed by atoms with Gasteiger partial charge >= 0.3 is 6.09 Å². The number of carbonyl (C=O) groups excluding carboxylic acids is 1. The van der Waals surface area contributed by atoms with Crippen molar-refractivity contribution in [3.8, 4) is 0 Å². The quantitative estimate of drug-likeness (QED) is 0.522. The number of aromatic nitrogens is 1. The molecule has 0 aliphatic heterocycles. The minimum Gasteiger partial charge on any atom is -0.444 e. The Hall–Kier alpha value is -1.31. The fourth-order valence-electron chi connectivity index (χ4n) is 2.98. The van der Waals surface area contributed by atoms with Crippen LogP contribution < -0.4 is 0 Å². The lowest BCUT2D eigenvalue weighted by atomic mass is 9.98. The molecule has 2 atom stereocenters. The van der Waals surface area contributed by atoms with Crippen molar-refractivity contribution >= 4 is 16.4 Å². The number of ether oxygens (including phenoxy) is 1. The molecule has 0 aromatic carbocycles. The minimum absolute atomic E-state index is 0.0478. The number of amides is 1. The molecule has 0 radical (unpaired) electrons. The van der Waals surface area contributed by atoms with Crippen molar-refractivity contribution in [3.63, 3.8) is 0 Å². The molecule has 1 aromatic heterocycles. The monoisotopic (exact) mass is 456 g/mol. The van der Waals surface area contributed by atoms with Crippen molar-refractivity contribution in [2.75, 3.05) is 25.7 Å². The van der Waals surface area contributed by atoms with Gasteiger partial charge in [0, 0.05) is 28.7 Å². The lowest BCUT2D eigenvalue weighted by Gasteiger charge is -2.48. The van der Waals surface area contributed by atoms with Gasteiger partial charge in [-0.3, -0.25) is 9.88 Å². The summed E-state index contributed by atoms with van der Waals surface area (Å²) in [4.78, 5) is 19.3. The van der Waals surface area contributed by atoms with Gasteiger partial charge in [0.05, 0.1) is 12.6 Å². The van der Waals surface area contributed by atoms with Crippen molar-refractivity contribution in [3.05, 3.63) is 29.6 Å². The Kier molecular flexibility index (Phi) is 9.85. The zero-order chi connectivity index (χ0) is 24.0. The van der Waals surface area contributed by atoms with Crippen LogP contribution in [-0.2, 0) is 8.92 Å². The van der Waals surface area contributed by atoms with Crippen LogP contribution in [0.1, 0.15) is 78.7 Å². The minimum atomic E-state index is -1.50. The molecule has 0 saturated carbocycles. The van der Waals surface area contributed by atoms with Crippen LogP contribution in [0.15, 0.2) is 18.3 Å². The number of aliphatic hydroxyl groups is 1. The Morgan fingerprint density at radius 2 is 1.81 bits per heavy atom. The maximum atomic E-state index is 13.1. The molecule has 0 spiro atoms. The molecule has 0 bridgehead atoms. The number of aryl methyl sites for hydroxylation is 1. The molecule has 0 fully saturated rings. The molecule has 0 saturated heterocycles. The first-order valence-electron chi connectivity index (χ1n) is 11.1. The van der Waals surface area contributed by atoms with E-state index < -0.39 is 22.0 Å². The predicted molar refractivity (Wildman–Crippen MR) is 131 cm³/mol. The van der Waals surface area contributed by atoms with Crippen LogP contribution in [-0.4, -0.2) is 63.1 Å². The highest BCUT2D eigenvalue weighted by Gasteiger charge is 2.39. The van der Waals surface area contributed by atoms with E-state index in [0.29, 0.717) is 0 Å². The summed E-state index contributed by atoms with van der Waals surface area (Å²) in [5.41, 5.74) is 1.23. The molecule has 1 heterocycles. The molecular formula is C24H44N2O4S. The largest absolute Gasteiger partial charge is 0.444 e. The molecular weight excluding hydrogens is 412 g/mol. The molecule has 1 amide bonds. The van der Waals surface area contributed by atoms with Gasteiger partial charge in [-0.1, -0.05) is 40.2 Å². The van der Waals surface area contributed by atoms with Crippen molar-refractivity contribution < 1.29 is 18.8 Å². The van der Waals surface area contributed by atoms with E-state index in [1.807, 2.05) is 46.0 Å². The molecule has 31 heavy (non-hydrogen) atoms. The Balaban J connectivity index is 3.51. The number of carbonyl (C=O) groups is 1. The van der Waals surface area contributed by atoms with Crippen molar-refractivity contribution in [1.29, 1.82) is 0 Å². The van der Waals surface area contributed by atoms with Gasteiger partial charge in [0.25, 0.3) is 0 Å². The molecule has 6 nitrogen and oxygen atoms in total. The van der Waals surface area contributed by atoms with Gasteiger partial charge in [-0.25, -0.2) is 4.79 Å². The summed E-state index contributed by atoms with van der Waals surface area (Å²) in [5, 5.41) is 9.75. The van der Waals surface area contributed by atoms with Gasteiger partial charge < -0.3 is 14.0 Å². The van der Waals surface area contributed by atoms with Gasteiger partial charge in [-0.2, -0.15) is 0 Å². The van der Waals surface area contributed by atoms with Crippen LogP contribution in [0, 0.1) is 6.92 Å². The SMILES string of the molecule is CCC[C@H]([C@H](OS(C)(C)C(C)(C)C)c1ccc(C)nc1)N(CCO)C(=O)OC(C)(C)C. The number of nitrogens with zero attached hydrogens (tertiary/aromatic N) is 2. The summed E-state index contributed by atoms with van der Waals surface area (Å²) in [6.45, 7) is 16.2. The number of hydrogen-bond acceptors (Lipinski definition) is 5. The fourth-order valence-corrected chi connectivity index (χ4v) is 4.03. The van der Waals surface area contributed by atoms with E-state index in [4.69, 9.17) is 8.92 Å². The third kappa shape index (κ3) is 8.28. The van der Waals surface area contributed by atoms with Crippen molar-refractivity contribution in [2.24, 2.45) is 0 Å². The first-order valence-corrected chi connectivity index (χ1v) is 13.4. The van der Waals surface area contributed by atoms with Crippen LogP contribution in [0.4, 0.5) is 4.79 Å². The van der Waals surface area contributed by atoms with Crippen LogP contribution >= 0.6 is 10.3 Å². The van der Waals surface area contributed by atoms with Crippen molar-refractivity contribution in [2.45, 2.75) is 90.7 Å². The third-order valence-electron chi connectivity index (χ3n) is 5.38. The normalized spacial score (nSPS) is 15.3. The van der Waals surface area contributed by atoms with Crippen molar-refractivity contribution in [1.82, 2.24) is 9.88 Å². The van der Waals surface area contributed by atoms with E-state index >= 15 is 0 Å². The Morgan fingerprint density at radius 1 is 1.19 bits per heavy atom. The molecule has 0 aliphatic carbocycles. The molecule has 180 valence electrons. The Bertz CT molecular complexity index is 693. The molecule has 1 rings (SSSR count). The number of rotatable bonds is 9. The van der Waals surface area contributed by atoms with Crippen LogP contribution in [0.5, 0.6) is 0 Å². The molecule has 7 heteroatoms. The standard InChI is InChI=1S/C24H44N2O4S/c1-11-12-20(26(15-16-27)22(28)29-23(3,4)5)21(19-14-13-18(2)25-17-19)30-31(9,10)24(6,7)8/h13-14,17,20-21,27H,11-12,15-16H2,1-10H3/t20-,21-/m1/s1. The van der Waals surface area contributed by atoms with E-state index in [-0.39, 0.29) is 30.0 Å². The zero-order valence-corrected chi connectivity index (χ0v) is 22.0.